The molecule has 1 aliphatic heterocycles. The molecule has 2 N–H and O–H groups in total. The summed E-state index contributed by atoms with van der Waals surface area (Å²) in [6.07, 6.45) is 2.13. The highest BCUT2D eigenvalue weighted by molar-refractivity contribution is 6.30. The van der Waals surface area contributed by atoms with Gasteiger partial charge in [0.05, 0.1) is 5.69 Å². The lowest BCUT2D eigenvalue weighted by atomic mass is 10.0. The van der Waals surface area contributed by atoms with Crippen LogP contribution >= 0.6 is 11.6 Å². The molecule has 0 spiro atoms. The molecule has 1 amide bonds. The Morgan fingerprint density at radius 3 is 2.52 bits per heavy atom. The fourth-order valence-electron chi connectivity index (χ4n) is 3.65. The van der Waals surface area contributed by atoms with E-state index in [1.54, 1.807) is 36.4 Å². The lowest BCUT2D eigenvalue weighted by Gasteiger charge is -2.33. The first-order valence-corrected chi connectivity index (χ1v) is 10.4. The molecule has 158 valence electrons. The average Bonchev–Trinajstić information content (AvgIpc) is 2.79. The fourth-order valence-corrected chi connectivity index (χ4v) is 3.84. The zero-order valence-electron chi connectivity index (χ0n) is 16.7. The number of carbonyl (C=O) groups is 2. The molecule has 0 aliphatic carbocycles. The maximum absolute atomic E-state index is 12.8. The van der Waals surface area contributed by atoms with Gasteiger partial charge in [0, 0.05) is 28.4 Å². The van der Waals surface area contributed by atoms with Crippen molar-refractivity contribution in [1.29, 1.82) is 0 Å². The summed E-state index contributed by atoms with van der Waals surface area (Å²) < 4.78 is 0. The Labute approximate surface area is 184 Å². The molecule has 1 atom stereocenters. The molecule has 1 saturated heterocycles. The van der Waals surface area contributed by atoms with Crippen LogP contribution < -0.4 is 5.32 Å². The van der Waals surface area contributed by atoms with Gasteiger partial charge in [0.25, 0.3) is 5.91 Å². The number of carbonyl (C=O) groups excluding carboxylic acids is 1. The monoisotopic (exact) mass is 436 g/mol. The molecule has 31 heavy (non-hydrogen) atoms. The molecule has 2 aromatic carbocycles. The van der Waals surface area contributed by atoms with Crippen molar-refractivity contribution in [3.05, 3.63) is 71.2 Å². The van der Waals surface area contributed by atoms with Gasteiger partial charge in [0.1, 0.15) is 6.04 Å². The SMILES string of the molecule is O=C(O)C1CCCCN1C(=O)c1ccc(-c2ccc(Nc3cccc(Cl)c3)nn2)cc1. The topological polar surface area (TPSA) is 95.4 Å². The number of nitrogens with zero attached hydrogens (tertiary/aromatic N) is 3. The van der Waals surface area contributed by atoms with Crippen molar-refractivity contribution in [3.63, 3.8) is 0 Å². The van der Waals surface area contributed by atoms with Gasteiger partial charge >= 0.3 is 5.97 Å². The van der Waals surface area contributed by atoms with Crippen molar-refractivity contribution in [2.24, 2.45) is 0 Å². The van der Waals surface area contributed by atoms with E-state index < -0.39 is 12.0 Å². The smallest absolute Gasteiger partial charge is 0.326 e. The van der Waals surface area contributed by atoms with Gasteiger partial charge in [-0.25, -0.2) is 4.79 Å². The quantitative estimate of drug-likeness (QED) is 0.606. The van der Waals surface area contributed by atoms with Crippen LogP contribution in [0.25, 0.3) is 11.3 Å². The first-order chi connectivity index (χ1) is 15.0. The summed E-state index contributed by atoms with van der Waals surface area (Å²) in [5.41, 5.74) is 2.75. The van der Waals surface area contributed by atoms with Crippen molar-refractivity contribution in [2.75, 3.05) is 11.9 Å². The Morgan fingerprint density at radius 2 is 1.84 bits per heavy atom. The predicted octanol–water partition coefficient (Wildman–Crippen LogP) is 4.62. The molecule has 3 aromatic rings. The molecule has 0 radical (unpaired) electrons. The lowest BCUT2D eigenvalue weighted by molar-refractivity contribution is -0.143. The Hall–Kier alpha value is -3.45. The van der Waals surface area contributed by atoms with Crippen molar-refractivity contribution >= 4 is 35.0 Å². The van der Waals surface area contributed by atoms with Gasteiger partial charge in [0.2, 0.25) is 0 Å². The van der Waals surface area contributed by atoms with Crippen LogP contribution in [0.15, 0.2) is 60.7 Å². The third-order valence-corrected chi connectivity index (χ3v) is 5.47. The molecule has 8 heteroatoms. The van der Waals surface area contributed by atoms with E-state index in [-0.39, 0.29) is 5.91 Å². The summed E-state index contributed by atoms with van der Waals surface area (Å²) in [7, 11) is 0. The van der Waals surface area contributed by atoms with Crippen LogP contribution in [0.5, 0.6) is 0 Å². The maximum Gasteiger partial charge on any atom is 0.326 e. The Bertz CT molecular complexity index is 1090. The van der Waals surface area contributed by atoms with Gasteiger partial charge < -0.3 is 15.3 Å². The van der Waals surface area contributed by atoms with E-state index in [0.717, 1.165) is 24.1 Å². The number of carboxylic acid groups (broad SMARTS) is 1. The maximum atomic E-state index is 12.8. The minimum absolute atomic E-state index is 0.259. The number of likely N-dealkylation sites (tertiary alicyclic amines) is 1. The minimum Gasteiger partial charge on any atom is -0.480 e. The number of hydrogen-bond acceptors (Lipinski definition) is 5. The van der Waals surface area contributed by atoms with Gasteiger partial charge in [-0.15, -0.1) is 10.2 Å². The number of aliphatic carboxylic acids is 1. The fraction of sp³-hybridized carbons (Fsp3) is 0.217. The third-order valence-electron chi connectivity index (χ3n) is 5.24. The molecule has 1 aromatic heterocycles. The molecule has 1 unspecified atom stereocenters. The highest BCUT2D eigenvalue weighted by Crippen LogP contribution is 2.23. The number of benzene rings is 2. The summed E-state index contributed by atoms with van der Waals surface area (Å²) in [5, 5.41) is 21.6. The van der Waals surface area contributed by atoms with E-state index in [4.69, 9.17) is 11.6 Å². The van der Waals surface area contributed by atoms with Crippen molar-refractivity contribution in [3.8, 4) is 11.3 Å². The molecule has 7 nitrogen and oxygen atoms in total. The summed E-state index contributed by atoms with van der Waals surface area (Å²) in [6.45, 7) is 0.462. The Kier molecular flexibility index (Phi) is 6.13. The number of halogens is 1. The van der Waals surface area contributed by atoms with Crippen LogP contribution in [0.1, 0.15) is 29.6 Å². The number of aromatic nitrogens is 2. The van der Waals surface area contributed by atoms with E-state index in [0.29, 0.717) is 35.1 Å². The van der Waals surface area contributed by atoms with Crippen LogP contribution in [0.2, 0.25) is 5.02 Å². The van der Waals surface area contributed by atoms with E-state index in [1.165, 1.54) is 4.90 Å². The summed E-state index contributed by atoms with van der Waals surface area (Å²) >= 11 is 5.99. The number of carboxylic acids is 1. The zero-order chi connectivity index (χ0) is 21.8. The predicted molar refractivity (Wildman–Crippen MR) is 119 cm³/mol. The number of amides is 1. The normalized spacial score (nSPS) is 16.0. The number of hydrogen-bond donors (Lipinski definition) is 2. The highest BCUT2D eigenvalue weighted by atomic mass is 35.5. The van der Waals surface area contributed by atoms with Crippen LogP contribution in [0.4, 0.5) is 11.5 Å². The van der Waals surface area contributed by atoms with Gasteiger partial charge in [-0.1, -0.05) is 29.8 Å². The molecule has 0 bridgehead atoms. The Balaban J connectivity index is 1.46. The van der Waals surface area contributed by atoms with Crippen LogP contribution in [0, 0.1) is 0 Å². The third kappa shape index (κ3) is 4.83. The summed E-state index contributed by atoms with van der Waals surface area (Å²) in [5.74, 6) is -0.625. The van der Waals surface area contributed by atoms with Crippen molar-refractivity contribution < 1.29 is 14.7 Å². The Morgan fingerprint density at radius 1 is 1.03 bits per heavy atom. The lowest BCUT2D eigenvalue weighted by Crippen LogP contribution is -2.47. The minimum atomic E-state index is -0.952. The molecule has 1 aliphatic rings. The summed E-state index contributed by atoms with van der Waals surface area (Å²) in [6, 6.07) is 17.2. The van der Waals surface area contributed by atoms with Crippen LogP contribution in [0.3, 0.4) is 0 Å². The number of anilines is 2. The van der Waals surface area contributed by atoms with E-state index in [9.17, 15) is 14.7 Å². The second kappa shape index (κ2) is 9.14. The highest BCUT2D eigenvalue weighted by Gasteiger charge is 2.32. The second-order valence-electron chi connectivity index (χ2n) is 7.36. The standard InChI is InChI=1S/C23H21ClN4O3/c24-17-4-3-5-18(14-17)25-21-12-11-19(26-27-21)15-7-9-16(10-8-15)22(29)28-13-2-1-6-20(28)23(30)31/h3-5,7-12,14,20H,1-2,6,13H2,(H,25,27)(H,30,31). The van der Waals surface area contributed by atoms with Crippen molar-refractivity contribution in [1.82, 2.24) is 15.1 Å². The first-order valence-electron chi connectivity index (χ1n) is 10.0. The first kappa shape index (κ1) is 20.8. The molecular weight excluding hydrogens is 416 g/mol. The molecular formula is C23H21ClN4O3. The zero-order valence-corrected chi connectivity index (χ0v) is 17.4. The van der Waals surface area contributed by atoms with Crippen LogP contribution in [-0.2, 0) is 4.79 Å². The van der Waals surface area contributed by atoms with Gasteiger partial charge in [-0.3, -0.25) is 4.79 Å². The van der Waals surface area contributed by atoms with E-state index >= 15 is 0 Å². The van der Waals surface area contributed by atoms with Gasteiger partial charge in [-0.05, 0) is 61.7 Å². The average molecular weight is 437 g/mol. The largest absolute Gasteiger partial charge is 0.480 e. The van der Waals surface area contributed by atoms with Crippen molar-refractivity contribution in [2.45, 2.75) is 25.3 Å². The van der Waals surface area contributed by atoms with Crippen LogP contribution in [-0.4, -0.2) is 44.7 Å². The van der Waals surface area contributed by atoms with E-state index in [1.807, 2.05) is 24.3 Å². The molecule has 1 fully saturated rings. The molecule has 2 heterocycles. The summed E-state index contributed by atoms with van der Waals surface area (Å²) in [4.78, 5) is 25.8. The number of piperidine rings is 1. The van der Waals surface area contributed by atoms with E-state index in [2.05, 4.69) is 15.5 Å². The number of rotatable bonds is 5. The number of nitrogens with one attached hydrogen (secondary N) is 1. The second-order valence-corrected chi connectivity index (χ2v) is 7.80. The van der Waals surface area contributed by atoms with Gasteiger partial charge in [0.15, 0.2) is 5.82 Å². The molecule has 4 rings (SSSR count). The van der Waals surface area contributed by atoms with Gasteiger partial charge in [-0.2, -0.15) is 0 Å². The molecule has 0 saturated carbocycles.